The van der Waals surface area contributed by atoms with E-state index in [0.29, 0.717) is 6.54 Å². The topological polar surface area (TPSA) is 12.0 Å². The van der Waals surface area contributed by atoms with Crippen molar-refractivity contribution in [2.24, 2.45) is 0 Å². The number of benzene rings is 1. The van der Waals surface area contributed by atoms with Crippen LogP contribution in [0.1, 0.15) is 5.56 Å². The number of halogens is 2. The van der Waals surface area contributed by atoms with Crippen LogP contribution in [0.4, 0.5) is 4.39 Å². The van der Waals surface area contributed by atoms with E-state index in [4.69, 9.17) is 0 Å². The second kappa shape index (κ2) is 3.88. The molecule has 0 unspecified atom stereocenters. The van der Waals surface area contributed by atoms with Gasteiger partial charge in [-0.1, -0.05) is 12.1 Å². The minimum atomic E-state index is -0.177. The predicted octanol–water partition coefficient (Wildman–Crippen LogP) is 2.27. The third kappa shape index (κ3) is 2.22. The summed E-state index contributed by atoms with van der Waals surface area (Å²) in [5, 5.41) is 0. The van der Waals surface area contributed by atoms with Crippen molar-refractivity contribution in [3.63, 3.8) is 0 Å². The molecule has 1 aromatic carbocycles. The zero-order chi connectivity index (χ0) is 7.40. The summed E-state index contributed by atoms with van der Waals surface area (Å²) in [6, 6.07) is 6.55. The maximum atomic E-state index is 12.5. The van der Waals surface area contributed by atoms with E-state index in [-0.39, 0.29) is 5.82 Å². The molecule has 1 rings (SSSR count). The Hall–Kier alpha value is -0.160. The summed E-state index contributed by atoms with van der Waals surface area (Å²) in [7, 11) is 0. The molecule has 0 bridgehead atoms. The molecule has 0 saturated carbocycles. The van der Waals surface area contributed by atoms with Gasteiger partial charge < -0.3 is 0 Å². The second-order valence-corrected chi connectivity index (χ2v) is 2.70. The highest BCUT2D eigenvalue weighted by Crippen LogP contribution is 2.02. The molecule has 0 aromatic heterocycles. The maximum absolute atomic E-state index is 12.5. The molecule has 0 aliphatic heterocycles. The van der Waals surface area contributed by atoms with Crippen LogP contribution in [0.3, 0.4) is 0 Å². The first kappa shape index (κ1) is 7.94. The molecule has 1 N–H and O–H groups in total. The Morgan fingerprint density at radius 2 is 2.30 bits per heavy atom. The molecule has 0 spiro atoms. The molecule has 0 heterocycles. The highest BCUT2D eigenvalue weighted by atomic mass is 127. The Bertz CT molecular complexity index is 215. The molecule has 54 valence electrons. The van der Waals surface area contributed by atoms with Gasteiger partial charge in [0, 0.05) is 29.4 Å². The van der Waals surface area contributed by atoms with E-state index >= 15 is 0 Å². The fraction of sp³-hybridized carbons (Fsp3) is 0.143. The number of nitrogens with one attached hydrogen (secondary N) is 1. The third-order valence-corrected chi connectivity index (χ3v) is 1.54. The van der Waals surface area contributed by atoms with Gasteiger partial charge in [-0.2, -0.15) is 0 Å². The SMILES string of the molecule is Fc1cccc(CNI)c1. The van der Waals surface area contributed by atoms with Crippen molar-refractivity contribution < 1.29 is 4.39 Å². The molecule has 0 aliphatic carbocycles. The van der Waals surface area contributed by atoms with Crippen molar-refractivity contribution >= 4 is 22.9 Å². The smallest absolute Gasteiger partial charge is 0.123 e. The fourth-order valence-corrected chi connectivity index (χ4v) is 1.16. The summed E-state index contributed by atoms with van der Waals surface area (Å²) >= 11 is 2.03. The van der Waals surface area contributed by atoms with E-state index in [1.54, 1.807) is 6.07 Å². The van der Waals surface area contributed by atoms with E-state index in [0.717, 1.165) is 5.56 Å². The lowest BCUT2D eigenvalue weighted by atomic mass is 10.2. The van der Waals surface area contributed by atoms with Gasteiger partial charge in [-0.15, -0.1) is 0 Å². The molecule has 3 heteroatoms. The van der Waals surface area contributed by atoms with Crippen molar-refractivity contribution in [2.75, 3.05) is 0 Å². The largest absolute Gasteiger partial charge is 0.257 e. The number of hydrogen-bond acceptors (Lipinski definition) is 1. The van der Waals surface area contributed by atoms with Gasteiger partial charge in [0.2, 0.25) is 0 Å². The minimum Gasteiger partial charge on any atom is -0.257 e. The Morgan fingerprint density at radius 1 is 1.50 bits per heavy atom. The molecule has 10 heavy (non-hydrogen) atoms. The van der Waals surface area contributed by atoms with E-state index in [1.807, 2.05) is 28.9 Å². The van der Waals surface area contributed by atoms with E-state index in [9.17, 15) is 4.39 Å². The number of rotatable bonds is 2. The first-order chi connectivity index (χ1) is 4.83. The normalized spacial score (nSPS) is 9.80. The monoisotopic (exact) mass is 251 g/mol. The van der Waals surface area contributed by atoms with Crippen LogP contribution in [0.2, 0.25) is 0 Å². The Balaban J connectivity index is 2.75. The van der Waals surface area contributed by atoms with Gasteiger partial charge in [-0.25, -0.2) is 4.39 Å². The molecule has 0 aliphatic rings. The standard InChI is InChI=1S/C7H7FIN/c8-7-3-1-2-6(4-7)5-10-9/h1-4,10H,5H2. The van der Waals surface area contributed by atoms with Crippen LogP contribution >= 0.6 is 22.9 Å². The lowest BCUT2D eigenvalue weighted by Gasteiger charge is -1.96. The minimum absolute atomic E-state index is 0.177. The number of hydrogen-bond donors (Lipinski definition) is 1. The summed E-state index contributed by atoms with van der Waals surface area (Å²) < 4.78 is 15.4. The van der Waals surface area contributed by atoms with Crippen molar-refractivity contribution in [1.82, 2.24) is 3.53 Å². The molecule has 0 amide bonds. The maximum Gasteiger partial charge on any atom is 0.123 e. The van der Waals surface area contributed by atoms with Crippen molar-refractivity contribution in [3.05, 3.63) is 35.6 Å². The second-order valence-electron chi connectivity index (χ2n) is 1.94. The van der Waals surface area contributed by atoms with E-state index in [2.05, 4.69) is 3.53 Å². The third-order valence-electron chi connectivity index (χ3n) is 1.16. The zero-order valence-electron chi connectivity index (χ0n) is 5.27. The average molecular weight is 251 g/mol. The Kier molecular flexibility index (Phi) is 3.08. The van der Waals surface area contributed by atoms with Gasteiger partial charge in [0.1, 0.15) is 5.82 Å². The summed E-state index contributed by atoms with van der Waals surface area (Å²) in [4.78, 5) is 0. The van der Waals surface area contributed by atoms with Gasteiger partial charge in [0.05, 0.1) is 0 Å². The van der Waals surface area contributed by atoms with Gasteiger partial charge in [-0.3, -0.25) is 3.53 Å². The lowest BCUT2D eigenvalue weighted by molar-refractivity contribution is 0.625. The first-order valence-electron chi connectivity index (χ1n) is 2.91. The molecule has 0 atom stereocenters. The fourth-order valence-electron chi connectivity index (χ4n) is 0.724. The molecular formula is C7H7FIN. The Labute approximate surface area is 73.1 Å². The van der Waals surface area contributed by atoms with Crippen LogP contribution in [0.25, 0.3) is 0 Å². The molecule has 1 aromatic rings. The van der Waals surface area contributed by atoms with Crippen LogP contribution in [-0.4, -0.2) is 0 Å². The van der Waals surface area contributed by atoms with Crippen molar-refractivity contribution in [3.8, 4) is 0 Å². The van der Waals surface area contributed by atoms with Crippen molar-refractivity contribution in [1.29, 1.82) is 0 Å². The van der Waals surface area contributed by atoms with Crippen LogP contribution in [0.5, 0.6) is 0 Å². The van der Waals surface area contributed by atoms with Gasteiger partial charge >= 0.3 is 0 Å². The van der Waals surface area contributed by atoms with Crippen LogP contribution in [0, 0.1) is 5.82 Å². The van der Waals surface area contributed by atoms with Crippen LogP contribution in [-0.2, 0) is 6.54 Å². The average Bonchev–Trinajstić information content (AvgIpc) is 1.88. The zero-order valence-corrected chi connectivity index (χ0v) is 7.43. The predicted molar refractivity (Wildman–Crippen MR) is 47.3 cm³/mol. The lowest BCUT2D eigenvalue weighted by Crippen LogP contribution is -1.96. The quantitative estimate of drug-likeness (QED) is 0.628. The summed E-state index contributed by atoms with van der Waals surface area (Å²) in [5.74, 6) is -0.177. The Morgan fingerprint density at radius 3 is 2.90 bits per heavy atom. The van der Waals surface area contributed by atoms with Gasteiger partial charge in [0.25, 0.3) is 0 Å². The first-order valence-corrected chi connectivity index (χ1v) is 3.99. The molecule has 1 nitrogen and oxygen atoms in total. The van der Waals surface area contributed by atoms with Crippen LogP contribution in [0.15, 0.2) is 24.3 Å². The summed E-state index contributed by atoms with van der Waals surface area (Å²) in [5.41, 5.74) is 0.967. The highest BCUT2D eigenvalue weighted by Gasteiger charge is 1.91. The highest BCUT2D eigenvalue weighted by molar-refractivity contribution is 14.1. The summed E-state index contributed by atoms with van der Waals surface area (Å²) in [6.07, 6.45) is 0. The summed E-state index contributed by atoms with van der Waals surface area (Å²) in [6.45, 7) is 0.707. The van der Waals surface area contributed by atoms with E-state index < -0.39 is 0 Å². The van der Waals surface area contributed by atoms with Crippen molar-refractivity contribution in [2.45, 2.75) is 6.54 Å². The van der Waals surface area contributed by atoms with Gasteiger partial charge in [-0.05, 0) is 17.7 Å². The molecule has 0 radical (unpaired) electrons. The molecular weight excluding hydrogens is 244 g/mol. The van der Waals surface area contributed by atoms with E-state index in [1.165, 1.54) is 12.1 Å². The van der Waals surface area contributed by atoms with Crippen LogP contribution < -0.4 is 3.53 Å². The molecule has 0 fully saturated rings. The molecule has 0 saturated heterocycles. The van der Waals surface area contributed by atoms with Gasteiger partial charge in [0.15, 0.2) is 0 Å².